The van der Waals surface area contributed by atoms with Gasteiger partial charge in [-0.25, -0.2) is 0 Å². The Morgan fingerprint density at radius 2 is 1.88 bits per heavy atom. The minimum absolute atomic E-state index is 0.0325. The number of aryl methyl sites for hydroxylation is 3. The molecular weight excluding hydrogens is 302 g/mol. The van der Waals surface area contributed by atoms with E-state index in [0.717, 1.165) is 22.5 Å². The number of aliphatic hydroxyl groups excluding tert-OH is 1. The number of benzene rings is 1. The summed E-state index contributed by atoms with van der Waals surface area (Å²) < 4.78 is 1.75. The zero-order valence-electron chi connectivity index (χ0n) is 15.2. The Labute approximate surface area is 143 Å². The second-order valence-corrected chi connectivity index (χ2v) is 6.35. The van der Waals surface area contributed by atoms with Crippen LogP contribution in [0.1, 0.15) is 48.5 Å². The van der Waals surface area contributed by atoms with Gasteiger partial charge in [-0.05, 0) is 46.2 Å². The van der Waals surface area contributed by atoms with E-state index in [9.17, 15) is 9.90 Å². The number of hydrogen-bond acceptors (Lipinski definition) is 3. The van der Waals surface area contributed by atoms with Crippen LogP contribution < -0.4 is 0 Å². The molecule has 0 aliphatic carbocycles. The lowest BCUT2D eigenvalue weighted by atomic mass is 10.1. The first-order valence-corrected chi connectivity index (χ1v) is 8.39. The van der Waals surface area contributed by atoms with Gasteiger partial charge in [0.05, 0.1) is 18.3 Å². The van der Waals surface area contributed by atoms with Crippen LogP contribution in [0.4, 0.5) is 0 Å². The molecule has 5 heteroatoms. The van der Waals surface area contributed by atoms with Gasteiger partial charge in [0.2, 0.25) is 5.91 Å². The normalized spacial score (nSPS) is 13.6. The zero-order chi connectivity index (χ0) is 17.9. The molecule has 1 N–H and O–H groups in total. The molecule has 2 rings (SSSR count). The van der Waals surface area contributed by atoms with Crippen molar-refractivity contribution >= 4 is 5.91 Å². The highest BCUT2D eigenvalue weighted by molar-refractivity contribution is 5.80. The number of carbonyl (C=O) groups is 1. The van der Waals surface area contributed by atoms with E-state index >= 15 is 0 Å². The number of rotatable bonds is 6. The Bertz CT molecular complexity index is 691. The highest BCUT2D eigenvalue weighted by atomic mass is 16.3. The maximum Gasteiger partial charge on any atom is 0.247 e. The predicted octanol–water partition coefficient (Wildman–Crippen LogP) is 2.95. The maximum absolute atomic E-state index is 12.8. The van der Waals surface area contributed by atoms with Crippen LogP contribution in [0.5, 0.6) is 0 Å². The first-order chi connectivity index (χ1) is 11.3. The Morgan fingerprint density at radius 3 is 2.38 bits per heavy atom. The van der Waals surface area contributed by atoms with Crippen LogP contribution in [0.15, 0.2) is 30.3 Å². The maximum atomic E-state index is 12.8. The molecule has 0 bridgehead atoms. The number of hydrogen-bond donors (Lipinski definition) is 1. The average molecular weight is 329 g/mol. The molecule has 2 aromatic rings. The number of aromatic nitrogens is 2. The first-order valence-electron chi connectivity index (χ1n) is 8.39. The van der Waals surface area contributed by atoms with Crippen LogP contribution in [0, 0.1) is 20.8 Å². The van der Waals surface area contributed by atoms with Crippen molar-refractivity contribution in [3.63, 3.8) is 0 Å². The Kier molecular flexibility index (Phi) is 5.78. The SMILES string of the molecule is CCN(CC(O)c1ccc(C)cc1)C(=O)C(C)n1nc(C)cc1C. The monoisotopic (exact) mass is 329 g/mol. The molecule has 0 saturated carbocycles. The van der Waals surface area contributed by atoms with Gasteiger partial charge in [-0.1, -0.05) is 29.8 Å². The average Bonchev–Trinajstić information content (AvgIpc) is 2.90. The zero-order valence-corrected chi connectivity index (χ0v) is 15.2. The number of likely N-dealkylation sites (N-methyl/N-ethyl adjacent to an activating group) is 1. The van der Waals surface area contributed by atoms with Crippen LogP contribution in [0.2, 0.25) is 0 Å². The number of aliphatic hydroxyl groups is 1. The lowest BCUT2D eigenvalue weighted by Crippen LogP contribution is -2.39. The summed E-state index contributed by atoms with van der Waals surface area (Å²) in [7, 11) is 0. The summed E-state index contributed by atoms with van der Waals surface area (Å²) in [5, 5.41) is 14.9. The second kappa shape index (κ2) is 7.62. The molecule has 1 amide bonds. The van der Waals surface area contributed by atoms with Crippen molar-refractivity contribution in [3.8, 4) is 0 Å². The molecular formula is C19H27N3O2. The van der Waals surface area contributed by atoms with E-state index < -0.39 is 6.10 Å². The quantitative estimate of drug-likeness (QED) is 0.886. The Morgan fingerprint density at radius 1 is 1.25 bits per heavy atom. The lowest BCUT2D eigenvalue weighted by molar-refractivity contribution is -0.135. The van der Waals surface area contributed by atoms with Gasteiger partial charge in [-0.2, -0.15) is 5.10 Å². The molecule has 0 radical (unpaired) electrons. The van der Waals surface area contributed by atoms with Gasteiger partial charge in [-0.15, -0.1) is 0 Å². The third kappa shape index (κ3) is 4.03. The summed E-state index contributed by atoms with van der Waals surface area (Å²) in [6.07, 6.45) is -0.692. The molecule has 24 heavy (non-hydrogen) atoms. The molecule has 0 fully saturated rings. The van der Waals surface area contributed by atoms with Gasteiger partial charge in [-0.3, -0.25) is 9.48 Å². The van der Waals surface area contributed by atoms with Gasteiger partial charge in [0.15, 0.2) is 0 Å². The molecule has 0 aliphatic heterocycles. The third-order valence-electron chi connectivity index (χ3n) is 4.32. The van der Waals surface area contributed by atoms with E-state index in [1.165, 1.54) is 0 Å². The molecule has 1 aromatic heterocycles. The second-order valence-electron chi connectivity index (χ2n) is 6.35. The van der Waals surface area contributed by atoms with E-state index in [-0.39, 0.29) is 18.5 Å². The van der Waals surface area contributed by atoms with E-state index in [2.05, 4.69) is 5.10 Å². The topological polar surface area (TPSA) is 58.4 Å². The minimum atomic E-state index is -0.692. The molecule has 0 saturated heterocycles. The fraction of sp³-hybridized carbons (Fsp3) is 0.474. The van der Waals surface area contributed by atoms with Crippen molar-refractivity contribution in [1.29, 1.82) is 0 Å². The van der Waals surface area contributed by atoms with E-state index in [1.54, 1.807) is 9.58 Å². The van der Waals surface area contributed by atoms with Crippen molar-refractivity contribution in [2.75, 3.05) is 13.1 Å². The highest BCUT2D eigenvalue weighted by Crippen LogP contribution is 2.18. The van der Waals surface area contributed by atoms with Gasteiger partial charge in [0.1, 0.15) is 6.04 Å². The van der Waals surface area contributed by atoms with Crippen LogP contribution in [-0.4, -0.2) is 38.8 Å². The van der Waals surface area contributed by atoms with Gasteiger partial charge < -0.3 is 10.0 Å². The van der Waals surface area contributed by atoms with Crippen LogP contribution >= 0.6 is 0 Å². The molecule has 2 atom stereocenters. The van der Waals surface area contributed by atoms with Crippen LogP contribution in [0.25, 0.3) is 0 Å². The van der Waals surface area contributed by atoms with Gasteiger partial charge in [0, 0.05) is 12.2 Å². The van der Waals surface area contributed by atoms with E-state index in [0.29, 0.717) is 6.54 Å². The fourth-order valence-electron chi connectivity index (χ4n) is 2.88. The number of nitrogens with zero attached hydrogens (tertiary/aromatic N) is 3. The standard InChI is InChI=1S/C19H27N3O2/c1-6-21(12-18(23)17-9-7-13(2)8-10-17)19(24)16(5)22-15(4)11-14(3)20-22/h7-11,16,18,23H,6,12H2,1-5H3. The van der Waals surface area contributed by atoms with E-state index in [4.69, 9.17) is 0 Å². The summed E-state index contributed by atoms with van der Waals surface area (Å²) in [6.45, 7) is 10.5. The molecule has 1 aromatic carbocycles. The summed E-state index contributed by atoms with van der Waals surface area (Å²) in [6, 6.07) is 9.32. The molecule has 1 heterocycles. The van der Waals surface area contributed by atoms with Crippen LogP contribution in [-0.2, 0) is 4.79 Å². The molecule has 5 nitrogen and oxygen atoms in total. The Balaban J connectivity index is 2.10. The van der Waals surface area contributed by atoms with Gasteiger partial charge >= 0.3 is 0 Å². The molecule has 2 unspecified atom stereocenters. The summed E-state index contributed by atoms with van der Waals surface area (Å²) in [5.41, 5.74) is 3.83. The van der Waals surface area contributed by atoms with Crippen molar-refractivity contribution < 1.29 is 9.90 Å². The van der Waals surface area contributed by atoms with Crippen molar-refractivity contribution in [2.24, 2.45) is 0 Å². The molecule has 0 aliphatic rings. The van der Waals surface area contributed by atoms with Crippen molar-refractivity contribution in [1.82, 2.24) is 14.7 Å². The smallest absolute Gasteiger partial charge is 0.247 e. The first kappa shape index (κ1) is 18.2. The molecule has 130 valence electrons. The minimum Gasteiger partial charge on any atom is -0.387 e. The number of amides is 1. The fourth-order valence-corrected chi connectivity index (χ4v) is 2.88. The van der Waals surface area contributed by atoms with Gasteiger partial charge in [0.25, 0.3) is 0 Å². The number of carbonyl (C=O) groups excluding carboxylic acids is 1. The largest absolute Gasteiger partial charge is 0.387 e. The molecule has 0 spiro atoms. The third-order valence-corrected chi connectivity index (χ3v) is 4.32. The lowest BCUT2D eigenvalue weighted by Gasteiger charge is -2.27. The van der Waals surface area contributed by atoms with Crippen molar-refractivity contribution in [3.05, 3.63) is 52.8 Å². The van der Waals surface area contributed by atoms with E-state index in [1.807, 2.05) is 65.0 Å². The van der Waals surface area contributed by atoms with Crippen molar-refractivity contribution in [2.45, 2.75) is 46.8 Å². The summed E-state index contributed by atoms with van der Waals surface area (Å²) in [5.74, 6) is -0.0325. The predicted molar refractivity (Wildman–Crippen MR) is 94.8 cm³/mol. The summed E-state index contributed by atoms with van der Waals surface area (Å²) in [4.78, 5) is 14.5. The summed E-state index contributed by atoms with van der Waals surface area (Å²) >= 11 is 0. The highest BCUT2D eigenvalue weighted by Gasteiger charge is 2.25. The Hall–Kier alpha value is -2.14. The van der Waals surface area contributed by atoms with Crippen LogP contribution in [0.3, 0.4) is 0 Å².